The Bertz CT molecular complexity index is 941. The molecule has 25 heavy (non-hydrogen) atoms. The summed E-state index contributed by atoms with van der Waals surface area (Å²) >= 11 is 5.68. The summed E-state index contributed by atoms with van der Waals surface area (Å²) in [6.07, 6.45) is 6.95. The SMILES string of the molecule is O=C(C(c1ccccc1)n1ccc2[nH]ncc2c1=S)N1CCCCC1. The third-order valence-corrected chi connectivity index (χ3v) is 5.26. The Balaban J connectivity index is 1.83. The zero-order valence-electron chi connectivity index (χ0n) is 13.9. The van der Waals surface area contributed by atoms with Crippen molar-refractivity contribution >= 4 is 29.0 Å². The number of pyridine rings is 1. The fourth-order valence-electron chi connectivity index (χ4n) is 3.50. The second-order valence-electron chi connectivity index (χ2n) is 6.42. The van der Waals surface area contributed by atoms with Gasteiger partial charge in [-0.1, -0.05) is 42.5 Å². The fourth-order valence-corrected chi connectivity index (χ4v) is 3.83. The quantitative estimate of drug-likeness (QED) is 0.731. The first kappa shape index (κ1) is 16.0. The predicted octanol–water partition coefficient (Wildman–Crippen LogP) is 3.70. The summed E-state index contributed by atoms with van der Waals surface area (Å²) in [6.45, 7) is 1.65. The minimum absolute atomic E-state index is 0.116. The van der Waals surface area contributed by atoms with Gasteiger partial charge in [0, 0.05) is 19.3 Å². The van der Waals surface area contributed by atoms with Crippen LogP contribution in [-0.4, -0.2) is 38.7 Å². The van der Waals surface area contributed by atoms with Crippen LogP contribution >= 0.6 is 12.2 Å². The molecule has 1 aliphatic heterocycles. The van der Waals surface area contributed by atoms with Crippen LogP contribution in [0.3, 0.4) is 0 Å². The number of amides is 1. The molecule has 1 atom stereocenters. The highest BCUT2D eigenvalue weighted by atomic mass is 32.1. The van der Waals surface area contributed by atoms with E-state index in [-0.39, 0.29) is 5.91 Å². The Morgan fingerprint density at radius 3 is 2.64 bits per heavy atom. The zero-order valence-corrected chi connectivity index (χ0v) is 14.7. The Morgan fingerprint density at radius 2 is 1.88 bits per heavy atom. The van der Waals surface area contributed by atoms with E-state index in [1.54, 1.807) is 6.20 Å². The summed E-state index contributed by atoms with van der Waals surface area (Å²) in [5, 5.41) is 7.87. The molecular weight excluding hydrogens is 332 g/mol. The van der Waals surface area contributed by atoms with Gasteiger partial charge in [0.05, 0.1) is 17.1 Å². The third kappa shape index (κ3) is 2.98. The first-order valence-corrected chi connectivity index (χ1v) is 9.04. The number of aromatic amines is 1. The number of benzene rings is 1. The topological polar surface area (TPSA) is 53.9 Å². The number of H-pyrrole nitrogens is 1. The third-order valence-electron chi connectivity index (χ3n) is 4.83. The molecule has 0 radical (unpaired) electrons. The van der Waals surface area contributed by atoms with Crippen molar-refractivity contribution in [3.63, 3.8) is 0 Å². The number of likely N-dealkylation sites (tertiary alicyclic amines) is 1. The van der Waals surface area contributed by atoms with Crippen LogP contribution in [0.25, 0.3) is 10.9 Å². The van der Waals surface area contributed by atoms with Gasteiger partial charge in [-0.05, 0) is 30.9 Å². The van der Waals surface area contributed by atoms with E-state index in [1.807, 2.05) is 52.1 Å². The molecule has 1 N–H and O–H groups in total. The largest absolute Gasteiger partial charge is 0.341 e. The maximum absolute atomic E-state index is 13.4. The van der Waals surface area contributed by atoms with Gasteiger partial charge in [-0.15, -0.1) is 0 Å². The van der Waals surface area contributed by atoms with Crippen LogP contribution in [-0.2, 0) is 4.79 Å². The maximum atomic E-state index is 13.4. The number of rotatable bonds is 3. The highest BCUT2D eigenvalue weighted by Crippen LogP contribution is 2.26. The molecule has 5 nitrogen and oxygen atoms in total. The van der Waals surface area contributed by atoms with Crippen LogP contribution < -0.4 is 0 Å². The van der Waals surface area contributed by atoms with Crippen LogP contribution in [0.2, 0.25) is 0 Å². The summed E-state index contributed by atoms with van der Waals surface area (Å²) < 4.78 is 2.53. The van der Waals surface area contributed by atoms with Crippen molar-refractivity contribution in [1.29, 1.82) is 0 Å². The number of aromatic nitrogens is 3. The second kappa shape index (κ2) is 6.80. The van der Waals surface area contributed by atoms with Gasteiger partial charge in [0.2, 0.25) is 5.91 Å². The van der Waals surface area contributed by atoms with E-state index >= 15 is 0 Å². The Morgan fingerprint density at radius 1 is 1.12 bits per heavy atom. The molecule has 2 aromatic heterocycles. The van der Waals surface area contributed by atoms with Gasteiger partial charge in [0.15, 0.2) is 0 Å². The zero-order chi connectivity index (χ0) is 17.2. The lowest BCUT2D eigenvalue weighted by Crippen LogP contribution is -2.41. The van der Waals surface area contributed by atoms with Crippen molar-refractivity contribution < 1.29 is 4.79 Å². The molecule has 0 aliphatic carbocycles. The molecule has 1 aromatic carbocycles. The number of hydrogen-bond donors (Lipinski definition) is 1. The molecule has 1 unspecified atom stereocenters. The number of carbonyl (C=O) groups is 1. The average molecular weight is 352 g/mol. The standard InChI is InChI=1S/C19H20N4OS/c24-18(22-10-5-2-6-11-22)17(14-7-3-1-4-8-14)23-12-9-16-15(19(23)25)13-20-21-16/h1,3-4,7-9,12-13,17H,2,5-6,10-11H2,(H,20,21). The molecule has 3 heterocycles. The van der Waals surface area contributed by atoms with E-state index in [9.17, 15) is 4.79 Å². The van der Waals surface area contributed by atoms with E-state index < -0.39 is 6.04 Å². The molecule has 1 saturated heterocycles. The van der Waals surface area contributed by atoms with Crippen molar-refractivity contribution in [2.24, 2.45) is 0 Å². The van der Waals surface area contributed by atoms with Crippen molar-refractivity contribution in [2.75, 3.05) is 13.1 Å². The van der Waals surface area contributed by atoms with E-state index in [2.05, 4.69) is 10.2 Å². The molecule has 0 saturated carbocycles. The Kier molecular flexibility index (Phi) is 4.36. The van der Waals surface area contributed by atoms with E-state index in [0.29, 0.717) is 4.64 Å². The average Bonchev–Trinajstić information content (AvgIpc) is 3.15. The van der Waals surface area contributed by atoms with E-state index in [1.165, 1.54) is 6.42 Å². The molecule has 1 aliphatic rings. The number of nitrogens with zero attached hydrogens (tertiary/aromatic N) is 3. The van der Waals surface area contributed by atoms with Gasteiger partial charge >= 0.3 is 0 Å². The smallest absolute Gasteiger partial charge is 0.250 e. The van der Waals surface area contributed by atoms with Crippen LogP contribution in [0.1, 0.15) is 30.9 Å². The summed E-state index contributed by atoms with van der Waals surface area (Å²) in [5.74, 6) is 0.116. The molecule has 1 fully saturated rings. The first-order valence-electron chi connectivity index (χ1n) is 8.63. The summed E-state index contributed by atoms with van der Waals surface area (Å²) in [7, 11) is 0. The predicted molar refractivity (Wildman–Crippen MR) is 99.9 cm³/mol. The minimum Gasteiger partial charge on any atom is -0.341 e. The lowest BCUT2D eigenvalue weighted by molar-refractivity contribution is -0.134. The molecular formula is C19H20N4OS. The van der Waals surface area contributed by atoms with Gasteiger partial charge in [-0.3, -0.25) is 9.89 Å². The monoisotopic (exact) mass is 352 g/mol. The first-order chi connectivity index (χ1) is 12.3. The molecule has 6 heteroatoms. The summed E-state index contributed by atoms with van der Waals surface area (Å²) in [4.78, 5) is 15.3. The summed E-state index contributed by atoms with van der Waals surface area (Å²) in [6, 6.07) is 11.4. The van der Waals surface area contributed by atoms with Crippen molar-refractivity contribution in [2.45, 2.75) is 25.3 Å². The number of hydrogen-bond acceptors (Lipinski definition) is 3. The number of piperidine rings is 1. The van der Waals surface area contributed by atoms with E-state index in [0.717, 1.165) is 42.4 Å². The second-order valence-corrected chi connectivity index (χ2v) is 6.81. The minimum atomic E-state index is -0.439. The van der Waals surface area contributed by atoms with Crippen molar-refractivity contribution in [3.05, 3.63) is 59.0 Å². The number of carbonyl (C=O) groups excluding carboxylic acids is 1. The lowest BCUT2D eigenvalue weighted by Gasteiger charge is -2.31. The Hall–Kier alpha value is -2.47. The number of fused-ring (bicyclic) bond motifs is 1. The van der Waals surface area contributed by atoms with Crippen molar-refractivity contribution in [3.8, 4) is 0 Å². The van der Waals surface area contributed by atoms with Gasteiger partial charge in [-0.25, -0.2) is 0 Å². The lowest BCUT2D eigenvalue weighted by atomic mass is 10.0. The van der Waals surface area contributed by atoms with Gasteiger partial charge < -0.3 is 9.47 Å². The van der Waals surface area contributed by atoms with Crippen LogP contribution in [0.5, 0.6) is 0 Å². The molecule has 4 rings (SSSR count). The van der Waals surface area contributed by atoms with E-state index in [4.69, 9.17) is 12.2 Å². The summed E-state index contributed by atoms with van der Waals surface area (Å²) in [5.41, 5.74) is 1.84. The van der Waals surface area contributed by atoms with Crippen LogP contribution in [0.15, 0.2) is 48.8 Å². The highest BCUT2D eigenvalue weighted by Gasteiger charge is 2.28. The molecule has 128 valence electrons. The van der Waals surface area contributed by atoms with Crippen LogP contribution in [0.4, 0.5) is 0 Å². The molecule has 3 aromatic rings. The van der Waals surface area contributed by atoms with Crippen molar-refractivity contribution in [1.82, 2.24) is 19.7 Å². The van der Waals surface area contributed by atoms with Gasteiger partial charge in [-0.2, -0.15) is 5.10 Å². The molecule has 0 bridgehead atoms. The van der Waals surface area contributed by atoms with Gasteiger partial charge in [0.1, 0.15) is 10.7 Å². The van der Waals surface area contributed by atoms with Gasteiger partial charge in [0.25, 0.3) is 0 Å². The molecule has 0 spiro atoms. The van der Waals surface area contributed by atoms with Crippen LogP contribution in [0, 0.1) is 4.64 Å². The fraction of sp³-hybridized carbons (Fsp3) is 0.316. The maximum Gasteiger partial charge on any atom is 0.250 e. The normalized spacial score (nSPS) is 16.1. The highest BCUT2D eigenvalue weighted by molar-refractivity contribution is 7.71. The molecule has 1 amide bonds. The number of nitrogens with one attached hydrogen (secondary N) is 1. The Labute approximate surface area is 151 Å².